The standard InChI is InChI=1S/C23H24N2O3S/c1-15-5-3-6-16(11-15)12-21-23(27)25(2)19-13-17(8-9-20(19)29-21)22(26)24-14-18-7-4-10-28-18/h3,5-6,8-9,11-13,18,20H,4,7,10,14H2,1-2H3/p+1/b21-12-. The van der Waals surface area contributed by atoms with Crippen molar-refractivity contribution in [3.05, 3.63) is 64.1 Å². The molecule has 2 heterocycles. The van der Waals surface area contributed by atoms with Crippen LogP contribution in [-0.4, -0.2) is 53.7 Å². The quantitative estimate of drug-likeness (QED) is 0.614. The van der Waals surface area contributed by atoms with Gasteiger partial charge in [0.15, 0.2) is 0 Å². The Morgan fingerprint density at radius 3 is 3.03 bits per heavy atom. The van der Waals surface area contributed by atoms with E-state index in [1.165, 1.54) is 11.8 Å². The highest BCUT2D eigenvalue weighted by Gasteiger charge is 2.38. The van der Waals surface area contributed by atoms with Gasteiger partial charge in [-0.2, -0.15) is 4.58 Å². The lowest BCUT2D eigenvalue weighted by Crippen LogP contribution is -2.38. The minimum Gasteiger partial charge on any atom is -0.376 e. The van der Waals surface area contributed by atoms with Crippen molar-refractivity contribution in [2.24, 2.45) is 0 Å². The van der Waals surface area contributed by atoms with Crippen molar-refractivity contribution in [2.45, 2.75) is 31.1 Å². The molecule has 0 bridgehead atoms. The van der Waals surface area contributed by atoms with E-state index in [9.17, 15) is 9.59 Å². The van der Waals surface area contributed by atoms with E-state index in [1.807, 2.05) is 49.4 Å². The number of nitrogens with one attached hydrogen (secondary N) is 1. The molecule has 5 nitrogen and oxygen atoms in total. The molecule has 0 radical (unpaired) electrons. The molecule has 1 aliphatic carbocycles. The van der Waals surface area contributed by atoms with Gasteiger partial charge in [-0.1, -0.05) is 53.7 Å². The number of ether oxygens (including phenoxy) is 1. The van der Waals surface area contributed by atoms with Crippen molar-refractivity contribution in [2.75, 3.05) is 20.2 Å². The van der Waals surface area contributed by atoms with Gasteiger partial charge in [0.2, 0.25) is 5.71 Å². The summed E-state index contributed by atoms with van der Waals surface area (Å²) in [6, 6.07) is 8.09. The number of carbonyl (C=O) groups excluding carboxylic acids is 2. The van der Waals surface area contributed by atoms with E-state index in [1.54, 1.807) is 11.6 Å². The molecule has 3 aliphatic rings. The first-order chi connectivity index (χ1) is 14.0. The van der Waals surface area contributed by atoms with Crippen LogP contribution in [-0.2, 0) is 14.3 Å². The molecule has 1 fully saturated rings. The maximum absolute atomic E-state index is 12.9. The molecule has 0 spiro atoms. The maximum Gasteiger partial charge on any atom is 0.425 e. The third-order valence-electron chi connectivity index (χ3n) is 5.32. The van der Waals surface area contributed by atoms with Gasteiger partial charge in [-0.05, 0) is 31.4 Å². The highest BCUT2D eigenvalue weighted by atomic mass is 32.2. The van der Waals surface area contributed by atoms with Gasteiger partial charge < -0.3 is 10.1 Å². The molecule has 150 valence electrons. The summed E-state index contributed by atoms with van der Waals surface area (Å²) in [6.07, 6.45) is 9.74. The van der Waals surface area contributed by atoms with Crippen molar-refractivity contribution in [1.29, 1.82) is 0 Å². The van der Waals surface area contributed by atoms with Crippen LogP contribution in [0.2, 0.25) is 0 Å². The van der Waals surface area contributed by atoms with Crippen LogP contribution < -0.4 is 5.32 Å². The Labute approximate surface area is 175 Å². The Kier molecular flexibility index (Phi) is 5.83. The summed E-state index contributed by atoms with van der Waals surface area (Å²) in [4.78, 5) is 26.1. The largest absolute Gasteiger partial charge is 0.425 e. The van der Waals surface area contributed by atoms with Gasteiger partial charge >= 0.3 is 5.91 Å². The maximum atomic E-state index is 12.9. The van der Waals surface area contributed by atoms with Crippen LogP contribution in [0.15, 0.2) is 53.0 Å². The molecule has 1 N–H and O–H groups in total. The number of aryl methyl sites for hydroxylation is 1. The van der Waals surface area contributed by atoms with Gasteiger partial charge in [0.25, 0.3) is 5.91 Å². The van der Waals surface area contributed by atoms with Crippen LogP contribution in [0.3, 0.4) is 0 Å². The van der Waals surface area contributed by atoms with Crippen molar-refractivity contribution in [3.8, 4) is 0 Å². The molecule has 0 saturated carbocycles. The number of carbonyl (C=O) groups is 2. The third-order valence-corrected chi connectivity index (χ3v) is 6.52. The fraction of sp³-hybridized carbons (Fsp3) is 0.348. The number of thioether (sulfide) groups is 1. The third kappa shape index (κ3) is 4.43. The van der Waals surface area contributed by atoms with E-state index in [0.717, 1.165) is 36.3 Å². The number of allylic oxidation sites excluding steroid dienone is 1. The average molecular weight is 410 g/mol. The van der Waals surface area contributed by atoms with Crippen LogP contribution in [0.4, 0.5) is 0 Å². The second-order valence-electron chi connectivity index (χ2n) is 7.55. The zero-order valence-electron chi connectivity index (χ0n) is 16.7. The van der Waals surface area contributed by atoms with E-state index in [-0.39, 0.29) is 23.2 Å². The summed E-state index contributed by atoms with van der Waals surface area (Å²) in [5.74, 6) is -0.178. The second kappa shape index (κ2) is 8.51. The number of nitrogens with zero attached hydrogens (tertiary/aromatic N) is 1. The summed E-state index contributed by atoms with van der Waals surface area (Å²) < 4.78 is 7.21. The number of rotatable bonds is 4. The number of hydrogen-bond donors (Lipinski definition) is 1. The molecule has 2 atom stereocenters. The normalized spacial score (nSPS) is 25.2. The zero-order valence-corrected chi connectivity index (χ0v) is 17.5. The molecule has 2 amide bonds. The van der Waals surface area contributed by atoms with E-state index in [4.69, 9.17) is 4.74 Å². The molecule has 4 rings (SSSR count). The van der Waals surface area contributed by atoms with Gasteiger partial charge in [0.05, 0.1) is 6.10 Å². The molecule has 2 aliphatic heterocycles. The number of fused-ring (bicyclic) bond motifs is 1. The Bertz CT molecular complexity index is 968. The smallest absolute Gasteiger partial charge is 0.376 e. The van der Waals surface area contributed by atoms with Crippen molar-refractivity contribution >= 4 is 35.4 Å². The predicted molar refractivity (Wildman–Crippen MR) is 116 cm³/mol. The average Bonchev–Trinajstić information content (AvgIpc) is 3.23. The van der Waals surface area contributed by atoms with Gasteiger partial charge in [0.1, 0.15) is 17.2 Å². The van der Waals surface area contributed by atoms with Crippen LogP contribution in [0.25, 0.3) is 6.08 Å². The summed E-state index contributed by atoms with van der Waals surface area (Å²) in [5, 5.41) is 2.96. The summed E-state index contributed by atoms with van der Waals surface area (Å²) in [6.45, 7) is 3.33. The zero-order chi connectivity index (χ0) is 20.4. The Balaban J connectivity index is 1.52. The highest BCUT2D eigenvalue weighted by molar-refractivity contribution is 8.05. The SMILES string of the molecule is Cc1cccc(/C=C2\SC3C=CC(C(=O)NCC4CCCO4)=CC3=[N+](C)C2=O)c1. The van der Waals surface area contributed by atoms with Crippen LogP contribution >= 0.6 is 11.8 Å². The van der Waals surface area contributed by atoms with Crippen LogP contribution in [0.1, 0.15) is 24.0 Å². The molecule has 2 unspecified atom stereocenters. The Morgan fingerprint density at radius 1 is 1.41 bits per heavy atom. The molecule has 1 aromatic carbocycles. The van der Waals surface area contributed by atoms with Crippen molar-refractivity contribution in [1.82, 2.24) is 5.32 Å². The molecule has 29 heavy (non-hydrogen) atoms. The Morgan fingerprint density at radius 2 is 2.28 bits per heavy atom. The van der Waals surface area contributed by atoms with Crippen molar-refractivity contribution in [3.63, 3.8) is 0 Å². The summed E-state index contributed by atoms with van der Waals surface area (Å²) >= 11 is 1.53. The predicted octanol–water partition coefficient (Wildman–Crippen LogP) is 2.85. The number of amides is 2. The first-order valence-corrected chi connectivity index (χ1v) is 10.8. The summed E-state index contributed by atoms with van der Waals surface area (Å²) in [5.41, 5.74) is 3.58. The number of likely N-dealkylation sites (N-methyl/N-ethyl adjacent to an activating group) is 1. The first kappa shape index (κ1) is 19.9. The lowest BCUT2D eigenvalue weighted by Gasteiger charge is -2.21. The lowest BCUT2D eigenvalue weighted by atomic mass is 10.0. The van der Waals surface area contributed by atoms with E-state index in [2.05, 4.69) is 11.4 Å². The topological polar surface area (TPSA) is 58.4 Å². The minimum absolute atomic E-state index is 0.0171. The van der Waals surface area contributed by atoms with Gasteiger partial charge in [-0.25, -0.2) is 4.79 Å². The number of hydrogen-bond acceptors (Lipinski definition) is 4. The van der Waals surface area contributed by atoms with Crippen molar-refractivity contribution < 1.29 is 18.9 Å². The van der Waals surface area contributed by atoms with E-state index >= 15 is 0 Å². The monoisotopic (exact) mass is 409 g/mol. The minimum atomic E-state index is -0.130. The molecule has 1 saturated heterocycles. The second-order valence-corrected chi connectivity index (χ2v) is 8.74. The van der Waals surface area contributed by atoms with Crippen LogP contribution in [0, 0.1) is 6.92 Å². The van der Waals surface area contributed by atoms with Crippen LogP contribution in [0.5, 0.6) is 0 Å². The fourth-order valence-electron chi connectivity index (χ4n) is 3.70. The molecular formula is C23H25N2O3S+. The molecule has 1 aromatic rings. The van der Waals surface area contributed by atoms with Gasteiger partial charge in [-0.15, -0.1) is 0 Å². The number of benzene rings is 1. The Hall–Kier alpha value is -2.44. The molecule has 6 heteroatoms. The fourth-order valence-corrected chi connectivity index (χ4v) is 4.92. The lowest BCUT2D eigenvalue weighted by molar-refractivity contribution is -0.413. The first-order valence-electron chi connectivity index (χ1n) is 9.91. The van der Waals surface area contributed by atoms with Gasteiger partial charge in [0, 0.05) is 24.8 Å². The molecular weight excluding hydrogens is 384 g/mol. The highest BCUT2D eigenvalue weighted by Crippen LogP contribution is 2.33. The van der Waals surface area contributed by atoms with E-state index in [0.29, 0.717) is 17.0 Å². The summed E-state index contributed by atoms with van der Waals surface area (Å²) in [7, 11) is 1.77. The van der Waals surface area contributed by atoms with Gasteiger partial charge in [-0.3, -0.25) is 4.79 Å². The molecule has 0 aromatic heterocycles. The van der Waals surface area contributed by atoms with E-state index < -0.39 is 0 Å².